The molecule has 1 fully saturated rings. The van der Waals surface area contributed by atoms with Crippen LogP contribution in [0.1, 0.15) is 51.5 Å². The Hall–Kier alpha value is -1.06. The van der Waals surface area contributed by atoms with Gasteiger partial charge in [-0.1, -0.05) is 31.4 Å². The van der Waals surface area contributed by atoms with E-state index >= 15 is 0 Å². The molecule has 1 saturated carbocycles. The number of nitrogens with one attached hydrogen (secondary N) is 1. The van der Waals surface area contributed by atoms with Gasteiger partial charge in [0, 0.05) is 25.1 Å². The Balaban J connectivity index is 1.85. The number of aliphatic hydroxyl groups is 1. The zero-order valence-electron chi connectivity index (χ0n) is 13.4. The van der Waals surface area contributed by atoms with Gasteiger partial charge in [0.1, 0.15) is 5.75 Å². The van der Waals surface area contributed by atoms with Gasteiger partial charge in [0.05, 0.1) is 6.10 Å². The van der Waals surface area contributed by atoms with E-state index in [1.807, 2.05) is 26.0 Å². The summed E-state index contributed by atoms with van der Waals surface area (Å²) < 4.78 is 5.72. The van der Waals surface area contributed by atoms with Crippen molar-refractivity contribution < 1.29 is 9.84 Å². The van der Waals surface area contributed by atoms with Gasteiger partial charge >= 0.3 is 0 Å². The Morgan fingerprint density at radius 2 is 2.00 bits per heavy atom. The van der Waals surface area contributed by atoms with E-state index in [1.54, 1.807) is 0 Å². The van der Waals surface area contributed by atoms with Gasteiger partial charge in [-0.15, -0.1) is 0 Å². The molecule has 0 aromatic heterocycles. The van der Waals surface area contributed by atoms with Crippen LogP contribution < -0.4 is 10.1 Å². The maximum absolute atomic E-state index is 9.72. The van der Waals surface area contributed by atoms with E-state index in [0.29, 0.717) is 6.61 Å². The van der Waals surface area contributed by atoms with Crippen molar-refractivity contribution in [3.63, 3.8) is 0 Å². The van der Waals surface area contributed by atoms with E-state index in [-0.39, 0.29) is 11.5 Å². The van der Waals surface area contributed by atoms with Gasteiger partial charge < -0.3 is 15.2 Å². The third-order valence-electron chi connectivity index (χ3n) is 4.35. The summed E-state index contributed by atoms with van der Waals surface area (Å²) in [6.45, 7) is 6.12. The van der Waals surface area contributed by atoms with Gasteiger partial charge in [-0.3, -0.25) is 0 Å². The fourth-order valence-electron chi connectivity index (χ4n) is 3.17. The lowest BCUT2D eigenvalue weighted by Gasteiger charge is -2.35. The Morgan fingerprint density at radius 1 is 1.24 bits per heavy atom. The van der Waals surface area contributed by atoms with E-state index in [4.69, 9.17) is 4.74 Å². The highest BCUT2D eigenvalue weighted by Gasteiger charge is 2.30. The Bertz CT molecular complexity index is 425. The topological polar surface area (TPSA) is 41.5 Å². The van der Waals surface area contributed by atoms with Crippen molar-refractivity contribution in [2.75, 3.05) is 13.2 Å². The van der Waals surface area contributed by atoms with Crippen LogP contribution in [0.25, 0.3) is 0 Å². The molecule has 2 rings (SSSR count). The van der Waals surface area contributed by atoms with Crippen molar-refractivity contribution in [1.29, 1.82) is 0 Å². The number of benzene rings is 1. The quantitative estimate of drug-likeness (QED) is 0.808. The maximum atomic E-state index is 9.72. The lowest BCUT2D eigenvalue weighted by atomic mass is 9.74. The van der Waals surface area contributed by atoms with Crippen LogP contribution in [0.5, 0.6) is 5.75 Å². The van der Waals surface area contributed by atoms with Gasteiger partial charge in [0.2, 0.25) is 0 Å². The summed E-state index contributed by atoms with van der Waals surface area (Å²) in [5, 5.41) is 13.3. The summed E-state index contributed by atoms with van der Waals surface area (Å²) in [6.07, 6.45) is 6.31. The summed E-state index contributed by atoms with van der Waals surface area (Å²) in [4.78, 5) is 0. The largest absolute Gasteiger partial charge is 0.491 e. The van der Waals surface area contributed by atoms with E-state index in [0.717, 1.165) is 31.7 Å². The molecule has 1 aromatic rings. The Kier molecular flexibility index (Phi) is 6.07. The minimum atomic E-state index is 0.101. The smallest absolute Gasteiger partial charge is 0.120 e. The monoisotopic (exact) mass is 291 g/mol. The Labute approximate surface area is 128 Å². The zero-order chi connectivity index (χ0) is 15.1. The van der Waals surface area contributed by atoms with Crippen molar-refractivity contribution >= 4 is 0 Å². The fraction of sp³-hybridized carbons (Fsp3) is 0.667. The lowest BCUT2D eigenvalue weighted by molar-refractivity contribution is 0.0810. The summed E-state index contributed by atoms with van der Waals surface area (Å²) in [5.74, 6) is 0.929. The number of hydrogen-bond acceptors (Lipinski definition) is 3. The predicted octanol–water partition coefficient (Wildman–Crippen LogP) is 3.51. The second-order valence-corrected chi connectivity index (χ2v) is 6.64. The molecule has 2 N–H and O–H groups in total. The average Bonchev–Trinajstić information content (AvgIpc) is 2.48. The standard InChI is InChI=1S/C18H29NO2/c1-15(2)21-17-8-6-7-16(11-17)12-19-13-18(14-20)9-4-3-5-10-18/h6-8,11,15,19-20H,3-5,9-10,12-14H2,1-2H3. The molecule has 1 aliphatic carbocycles. The third kappa shape index (κ3) is 5.01. The number of aliphatic hydroxyl groups excluding tert-OH is 1. The van der Waals surface area contributed by atoms with Crippen molar-refractivity contribution in [3.05, 3.63) is 29.8 Å². The number of rotatable bonds is 7. The van der Waals surface area contributed by atoms with Crippen molar-refractivity contribution in [2.24, 2.45) is 5.41 Å². The molecule has 1 aromatic carbocycles. The molecule has 118 valence electrons. The SMILES string of the molecule is CC(C)Oc1cccc(CNCC2(CO)CCCCC2)c1. The van der Waals surface area contributed by atoms with Crippen molar-refractivity contribution in [1.82, 2.24) is 5.32 Å². The first-order valence-electron chi connectivity index (χ1n) is 8.21. The van der Waals surface area contributed by atoms with Gasteiger partial charge in [-0.2, -0.15) is 0 Å². The second-order valence-electron chi connectivity index (χ2n) is 6.64. The molecule has 0 aliphatic heterocycles. The molecule has 0 bridgehead atoms. The van der Waals surface area contributed by atoms with Gasteiger partial charge in [0.25, 0.3) is 0 Å². The molecule has 0 heterocycles. The summed E-state index contributed by atoms with van der Waals surface area (Å²) in [7, 11) is 0. The molecule has 0 amide bonds. The number of ether oxygens (including phenoxy) is 1. The van der Waals surface area contributed by atoms with E-state index in [1.165, 1.54) is 24.8 Å². The first-order valence-corrected chi connectivity index (χ1v) is 8.21. The van der Waals surface area contributed by atoms with Gasteiger partial charge in [0.15, 0.2) is 0 Å². The highest BCUT2D eigenvalue weighted by Crippen LogP contribution is 2.35. The fourth-order valence-corrected chi connectivity index (χ4v) is 3.17. The number of hydrogen-bond donors (Lipinski definition) is 2. The molecule has 1 aliphatic rings. The van der Waals surface area contributed by atoms with Crippen LogP contribution in [0.4, 0.5) is 0 Å². The van der Waals surface area contributed by atoms with Crippen LogP contribution in [-0.2, 0) is 6.54 Å². The van der Waals surface area contributed by atoms with Gasteiger partial charge in [-0.05, 0) is 44.4 Å². The molecular formula is C18H29NO2. The lowest BCUT2D eigenvalue weighted by Crippen LogP contribution is -2.38. The Morgan fingerprint density at radius 3 is 2.67 bits per heavy atom. The van der Waals surface area contributed by atoms with Crippen LogP contribution in [0.2, 0.25) is 0 Å². The molecular weight excluding hydrogens is 262 g/mol. The first-order chi connectivity index (χ1) is 10.1. The average molecular weight is 291 g/mol. The van der Waals surface area contributed by atoms with E-state index in [2.05, 4.69) is 17.4 Å². The van der Waals surface area contributed by atoms with Crippen LogP contribution in [-0.4, -0.2) is 24.4 Å². The highest BCUT2D eigenvalue weighted by atomic mass is 16.5. The highest BCUT2D eigenvalue weighted by molar-refractivity contribution is 5.28. The molecule has 3 nitrogen and oxygen atoms in total. The van der Waals surface area contributed by atoms with Gasteiger partial charge in [-0.25, -0.2) is 0 Å². The van der Waals surface area contributed by atoms with E-state index in [9.17, 15) is 5.11 Å². The van der Waals surface area contributed by atoms with Crippen LogP contribution in [0.3, 0.4) is 0 Å². The van der Waals surface area contributed by atoms with E-state index < -0.39 is 0 Å². The molecule has 0 spiro atoms. The summed E-state index contributed by atoms with van der Waals surface area (Å²) >= 11 is 0. The van der Waals surface area contributed by atoms with Crippen LogP contribution >= 0.6 is 0 Å². The zero-order valence-corrected chi connectivity index (χ0v) is 13.4. The van der Waals surface area contributed by atoms with Crippen molar-refractivity contribution in [2.45, 2.75) is 58.6 Å². The molecule has 0 radical (unpaired) electrons. The summed E-state index contributed by atoms with van der Waals surface area (Å²) in [5.41, 5.74) is 1.33. The van der Waals surface area contributed by atoms with Crippen LogP contribution in [0, 0.1) is 5.41 Å². The summed E-state index contributed by atoms with van der Waals surface area (Å²) in [6, 6.07) is 8.25. The molecule has 3 heteroatoms. The molecule has 0 atom stereocenters. The maximum Gasteiger partial charge on any atom is 0.120 e. The normalized spacial score (nSPS) is 17.9. The minimum absolute atomic E-state index is 0.101. The molecule has 0 unspecified atom stereocenters. The minimum Gasteiger partial charge on any atom is -0.491 e. The van der Waals surface area contributed by atoms with Crippen molar-refractivity contribution in [3.8, 4) is 5.75 Å². The molecule has 0 saturated heterocycles. The predicted molar refractivity (Wildman–Crippen MR) is 86.5 cm³/mol. The molecule has 21 heavy (non-hydrogen) atoms. The first kappa shape index (κ1) is 16.3. The van der Waals surface area contributed by atoms with Crippen LogP contribution in [0.15, 0.2) is 24.3 Å². The third-order valence-corrected chi connectivity index (χ3v) is 4.35. The second kappa shape index (κ2) is 7.81.